The molecule has 0 aromatic heterocycles. The Morgan fingerprint density at radius 1 is 1.17 bits per heavy atom. The SMILES string of the molecule is COc1cc(CNc2ccc(C(=O)O)cc2C)cc(Cl)c1OCc1ccccc1F. The van der Waals surface area contributed by atoms with E-state index in [1.807, 2.05) is 6.92 Å². The van der Waals surface area contributed by atoms with Gasteiger partial charge in [-0.3, -0.25) is 0 Å². The highest BCUT2D eigenvalue weighted by Crippen LogP contribution is 2.37. The van der Waals surface area contributed by atoms with E-state index in [0.29, 0.717) is 28.6 Å². The van der Waals surface area contributed by atoms with Gasteiger partial charge in [0.05, 0.1) is 17.7 Å². The zero-order valence-electron chi connectivity index (χ0n) is 16.5. The number of hydrogen-bond acceptors (Lipinski definition) is 4. The molecule has 3 aromatic carbocycles. The van der Waals surface area contributed by atoms with Gasteiger partial charge in [-0.05, 0) is 54.4 Å². The van der Waals surface area contributed by atoms with Crippen LogP contribution in [0.25, 0.3) is 0 Å². The molecule has 3 aromatic rings. The molecule has 0 saturated carbocycles. The fourth-order valence-electron chi connectivity index (χ4n) is 2.97. The number of aromatic carboxylic acids is 1. The van der Waals surface area contributed by atoms with Gasteiger partial charge in [0.2, 0.25) is 0 Å². The number of nitrogens with one attached hydrogen (secondary N) is 1. The van der Waals surface area contributed by atoms with Crippen molar-refractivity contribution in [3.05, 3.63) is 87.7 Å². The quantitative estimate of drug-likeness (QED) is 0.481. The van der Waals surface area contributed by atoms with E-state index < -0.39 is 5.97 Å². The first kappa shape index (κ1) is 21.5. The monoisotopic (exact) mass is 429 g/mol. The fraction of sp³-hybridized carbons (Fsp3) is 0.174. The first-order chi connectivity index (χ1) is 14.4. The lowest BCUT2D eigenvalue weighted by Gasteiger charge is -2.16. The molecule has 2 N–H and O–H groups in total. The van der Waals surface area contributed by atoms with Crippen LogP contribution < -0.4 is 14.8 Å². The highest BCUT2D eigenvalue weighted by atomic mass is 35.5. The third kappa shape index (κ3) is 5.02. The Bertz CT molecular complexity index is 1070. The number of carboxylic acid groups (broad SMARTS) is 1. The maximum absolute atomic E-state index is 13.8. The second-order valence-corrected chi connectivity index (χ2v) is 7.08. The Hall–Kier alpha value is -3.25. The summed E-state index contributed by atoms with van der Waals surface area (Å²) < 4.78 is 25.0. The molecule has 7 heteroatoms. The number of hydrogen-bond donors (Lipinski definition) is 2. The zero-order valence-corrected chi connectivity index (χ0v) is 17.3. The molecule has 3 rings (SSSR count). The van der Waals surface area contributed by atoms with Crippen LogP contribution in [0.1, 0.15) is 27.0 Å². The van der Waals surface area contributed by atoms with Gasteiger partial charge in [0.25, 0.3) is 0 Å². The summed E-state index contributed by atoms with van der Waals surface area (Å²) in [5.41, 5.74) is 3.13. The summed E-state index contributed by atoms with van der Waals surface area (Å²) in [4.78, 5) is 11.1. The maximum Gasteiger partial charge on any atom is 0.335 e. The molecule has 0 bridgehead atoms. The van der Waals surface area contributed by atoms with Gasteiger partial charge in [-0.1, -0.05) is 29.8 Å². The smallest absolute Gasteiger partial charge is 0.335 e. The molecule has 0 atom stereocenters. The van der Waals surface area contributed by atoms with E-state index in [1.54, 1.807) is 48.5 Å². The molecule has 0 heterocycles. The Kier molecular flexibility index (Phi) is 6.79. The first-order valence-electron chi connectivity index (χ1n) is 9.19. The van der Waals surface area contributed by atoms with Crippen molar-refractivity contribution < 1.29 is 23.8 Å². The van der Waals surface area contributed by atoms with Gasteiger partial charge in [-0.25, -0.2) is 9.18 Å². The van der Waals surface area contributed by atoms with Gasteiger partial charge in [0.15, 0.2) is 11.5 Å². The van der Waals surface area contributed by atoms with E-state index in [1.165, 1.54) is 13.2 Å². The van der Waals surface area contributed by atoms with Crippen molar-refractivity contribution in [1.82, 2.24) is 0 Å². The lowest BCUT2D eigenvalue weighted by atomic mass is 10.1. The summed E-state index contributed by atoms with van der Waals surface area (Å²) in [6.45, 7) is 2.30. The summed E-state index contributed by atoms with van der Waals surface area (Å²) in [5, 5.41) is 12.7. The number of rotatable bonds is 8. The molecule has 0 spiro atoms. The first-order valence-corrected chi connectivity index (χ1v) is 9.57. The molecule has 0 aliphatic carbocycles. The van der Waals surface area contributed by atoms with Crippen LogP contribution >= 0.6 is 11.6 Å². The Morgan fingerprint density at radius 2 is 1.93 bits per heavy atom. The minimum Gasteiger partial charge on any atom is -0.493 e. The van der Waals surface area contributed by atoms with E-state index in [4.69, 9.17) is 26.2 Å². The van der Waals surface area contributed by atoms with Crippen molar-refractivity contribution >= 4 is 23.3 Å². The van der Waals surface area contributed by atoms with Crippen LogP contribution in [0.2, 0.25) is 5.02 Å². The molecular weight excluding hydrogens is 409 g/mol. The average molecular weight is 430 g/mol. The van der Waals surface area contributed by atoms with Gasteiger partial charge in [0.1, 0.15) is 12.4 Å². The van der Waals surface area contributed by atoms with Gasteiger partial charge >= 0.3 is 5.97 Å². The standard InChI is InChI=1S/C23H21ClFNO4/c1-14-9-16(23(27)28)7-8-20(14)26-12-15-10-18(24)22(21(11-15)29-2)30-13-17-5-3-4-6-19(17)25/h3-11,26H,12-13H2,1-2H3,(H,27,28). The lowest BCUT2D eigenvalue weighted by molar-refractivity contribution is 0.0697. The van der Waals surface area contributed by atoms with Crippen LogP contribution in [-0.2, 0) is 13.2 Å². The molecule has 0 radical (unpaired) electrons. The second-order valence-electron chi connectivity index (χ2n) is 6.68. The third-order valence-corrected chi connectivity index (χ3v) is 4.86. The molecule has 0 saturated heterocycles. The van der Waals surface area contributed by atoms with E-state index in [0.717, 1.165) is 16.8 Å². The number of benzene rings is 3. The topological polar surface area (TPSA) is 67.8 Å². The summed E-state index contributed by atoms with van der Waals surface area (Å²) in [6.07, 6.45) is 0. The average Bonchev–Trinajstić information content (AvgIpc) is 2.72. The number of methoxy groups -OCH3 is 1. The van der Waals surface area contributed by atoms with E-state index in [2.05, 4.69) is 5.32 Å². The minimum atomic E-state index is -0.966. The van der Waals surface area contributed by atoms with Gasteiger partial charge < -0.3 is 19.9 Å². The Balaban J connectivity index is 1.73. The number of ether oxygens (including phenoxy) is 2. The number of aryl methyl sites for hydroxylation is 1. The molecule has 30 heavy (non-hydrogen) atoms. The lowest BCUT2D eigenvalue weighted by Crippen LogP contribution is -2.05. The highest BCUT2D eigenvalue weighted by Gasteiger charge is 2.14. The normalized spacial score (nSPS) is 10.5. The maximum atomic E-state index is 13.8. The van der Waals surface area contributed by atoms with Crippen molar-refractivity contribution in [2.45, 2.75) is 20.1 Å². The largest absolute Gasteiger partial charge is 0.493 e. The van der Waals surface area contributed by atoms with Crippen LogP contribution in [-0.4, -0.2) is 18.2 Å². The Labute approximate surface area is 179 Å². The second kappa shape index (κ2) is 9.50. The van der Waals surface area contributed by atoms with Crippen LogP contribution in [0, 0.1) is 12.7 Å². The minimum absolute atomic E-state index is 0.0233. The van der Waals surface area contributed by atoms with Crippen molar-refractivity contribution in [3.63, 3.8) is 0 Å². The van der Waals surface area contributed by atoms with E-state index in [9.17, 15) is 9.18 Å². The van der Waals surface area contributed by atoms with Gasteiger partial charge in [-0.2, -0.15) is 0 Å². The van der Waals surface area contributed by atoms with Crippen LogP contribution in [0.4, 0.5) is 10.1 Å². The summed E-state index contributed by atoms with van der Waals surface area (Å²) in [7, 11) is 1.51. The number of anilines is 1. The molecule has 0 unspecified atom stereocenters. The highest BCUT2D eigenvalue weighted by molar-refractivity contribution is 6.32. The van der Waals surface area contributed by atoms with Crippen molar-refractivity contribution in [2.24, 2.45) is 0 Å². The van der Waals surface area contributed by atoms with E-state index >= 15 is 0 Å². The summed E-state index contributed by atoms with van der Waals surface area (Å²) in [6, 6.07) is 14.8. The predicted octanol–water partition coefficient (Wildman–Crippen LogP) is 5.69. The van der Waals surface area contributed by atoms with Crippen LogP contribution in [0.15, 0.2) is 54.6 Å². The fourth-order valence-corrected chi connectivity index (χ4v) is 3.26. The Morgan fingerprint density at radius 3 is 2.60 bits per heavy atom. The number of halogens is 2. The zero-order chi connectivity index (χ0) is 21.7. The van der Waals surface area contributed by atoms with Gasteiger partial charge in [0, 0.05) is 17.8 Å². The number of carbonyl (C=O) groups is 1. The molecule has 0 aliphatic heterocycles. The molecule has 0 aliphatic rings. The van der Waals surface area contributed by atoms with Gasteiger partial charge in [-0.15, -0.1) is 0 Å². The molecule has 0 fully saturated rings. The summed E-state index contributed by atoms with van der Waals surface area (Å²) in [5.74, 6) is -0.536. The predicted molar refractivity (Wildman–Crippen MR) is 114 cm³/mol. The van der Waals surface area contributed by atoms with Crippen LogP contribution in [0.5, 0.6) is 11.5 Å². The van der Waals surface area contributed by atoms with Crippen LogP contribution in [0.3, 0.4) is 0 Å². The molecule has 0 amide bonds. The van der Waals surface area contributed by atoms with Crippen molar-refractivity contribution in [3.8, 4) is 11.5 Å². The van der Waals surface area contributed by atoms with E-state index in [-0.39, 0.29) is 18.0 Å². The molecule has 5 nitrogen and oxygen atoms in total. The number of carboxylic acids is 1. The third-order valence-electron chi connectivity index (χ3n) is 4.58. The molecular formula is C23H21ClFNO4. The molecule has 156 valence electrons. The van der Waals surface area contributed by atoms with Crippen molar-refractivity contribution in [1.29, 1.82) is 0 Å². The van der Waals surface area contributed by atoms with Crippen molar-refractivity contribution in [2.75, 3.05) is 12.4 Å². The summed E-state index contributed by atoms with van der Waals surface area (Å²) >= 11 is 6.40.